The lowest BCUT2D eigenvalue weighted by molar-refractivity contribution is -0.121. The third kappa shape index (κ3) is 4.55. The fraction of sp³-hybridized carbons (Fsp3) is 0.588. The van der Waals surface area contributed by atoms with Gasteiger partial charge in [0.2, 0.25) is 5.91 Å². The minimum Gasteiger partial charge on any atom is -0.372 e. The van der Waals surface area contributed by atoms with E-state index in [1.54, 1.807) is 0 Å². The first kappa shape index (κ1) is 14.9. The molecule has 0 aromatic heterocycles. The van der Waals surface area contributed by atoms with Gasteiger partial charge in [-0.3, -0.25) is 4.79 Å². The highest BCUT2D eigenvalue weighted by Crippen LogP contribution is 2.20. The molecule has 3 heteroatoms. The molecule has 1 heterocycles. The third-order valence-corrected chi connectivity index (χ3v) is 3.90. The second kappa shape index (κ2) is 7.93. The van der Waals surface area contributed by atoms with Crippen molar-refractivity contribution in [3.05, 3.63) is 29.8 Å². The van der Waals surface area contributed by atoms with Gasteiger partial charge < -0.3 is 10.2 Å². The Morgan fingerprint density at radius 1 is 1.20 bits per heavy atom. The van der Waals surface area contributed by atoms with Crippen molar-refractivity contribution in [1.82, 2.24) is 5.32 Å². The summed E-state index contributed by atoms with van der Waals surface area (Å²) in [4.78, 5) is 13.9. The van der Waals surface area contributed by atoms with Gasteiger partial charge in [0.15, 0.2) is 0 Å². The summed E-state index contributed by atoms with van der Waals surface area (Å²) in [6, 6.07) is 8.79. The van der Waals surface area contributed by atoms with E-state index in [-0.39, 0.29) is 5.91 Å². The maximum atomic E-state index is 11.5. The minimum atomic E-state index is 0.181. The van der Waals surface area contributed by atoms with Crippen LogP contribution in [0.5, 0.6) is 0 Å². The van der Waals surface area contributed by atoms with Crippen LogP contribution in [0.4, 0.5) is 5.69 Å². The molecule has 0 saturated carbocycles. The SMILES string of the molecule is CCCCC(=O)NCCc1ccc(N2CCCC2)cc1. The van der Waals surface area contributed by atoms with Crippen molar-refractivity contribution in [3.63, 3.8) is 0 Å². The number of rotatable bonds is 7. The quantitative estimate of drug-likeness (QED) is 0.828. The molecule has 20 heavy (non-hydrogen) atoms. The number of amides is 1. The number of anilines is 1. The Morgan fingerprint density at radius 3 is 2.55 bits per heavy atom. The fourth-order valence-electron chi connectivity index (χ4n) is 2.62. The Morgan fingerprint density at radius 2 is 1.90 bits per heavy atom. The van der Waals surface area contributed by atoms with E-state index in [0.29, 0.717) is 6.42 Å². The van der Waals surface area contributed by atoms with Gasteiger partial charge in [0, 0.05) is 31.7 Å². The van der Waals surface area contributed by atoms with Gasteiger partial charge in [0.1, 0.15) is 0 Å². The molecular weight excluding hydrogens is 248 g/mol. The zero-order chi connectivity index (χ0) is 14.2. The normalized spacial score (nSPS) is 14.6. The number of benzene rings is 1. The third-order valence-electron chi connectivity index (χ3n) is 3.90. The van der Waals surface area contributed by atoms with Gasteiger partial charge in [-0.05, 0) is 43.4 Å². The average Bonchev–Trinajstić information content (AvgIpc) is 3.00. The molecule has 1 amide bonds. The van der Waals surface area contributed by atoms with Crippen LogP contribution in [0.3, 0.4) is 0 Å². The Bertz CT molecular complexity index is 408. The van der Waals surface area contributed by atoms with Crippen molar-refractivity contribution in [2.24, 2.45) is 0 Å². The second-order valence-corrected chi connectivity index (χ2v) is 5.56. The Balaban J connectivity index is 1.72. The first-order valence-corrected chi connectivity index (χ1v) is 7.90. The first-order chi connectivity index (χ1) is 9.79. The predicted octanol–water partition coefficient (Wildman–Crippen LogP) is 3.14. The zero-order valence-electron chi connectivity index (χ0n) is 12.5. The van der Waals surface area contributed by atoms with Crippen LogP contribution in [0.2, 0.25) is 0 Å². The summed E-state index contributed by atoms with van der Waals surface area (Å²) in [6.07, 6.45) is 6.25. The number of nitrogens with one attached hydrogen (secondary N) is 1. The van der Waals surface area contributed by atoms with Crippen molar-refractivity contribution in [1.29, 1.82) is 0 Å². The monoisotopic (exact) mass is 274 g/mol. The van der Waals surface area contributed by atoms with Crippen LogP contribution in [0.1, 0.15) is 44.6 Å². The summed E-state index contributed by atoms with van der Waals surface area (Å²) >= 11 is 0. The maximum absolute atomic E-state index is 11.5. The number of nitrogens with zero attached hydrogens (tertiary/aromatic N) is 1. The Hall–Kier alpha value is -1.51. The lowest BCUT2D eigenvalue weighted by Crippen LogP contribution is -2.25. The molecule has 1 N–H and O–H groups in total. The van der Waals surface area contributed by atoms with E-state index in [1.165, 1.54) is 37.2 Å². The molecule has 1 saturated heterocycles. The molecule has 110 valence electrons. The van der Waals surface area contributed by atoms with Crippen LogP contribution < -0.4 is 10.2 Å². The number of hydrogen-bond acceptors (Lipinski definition) is 2. The fourth-order valence-corrected chi connectivity index (χ4v) is 2.62. The molecule has 2 rings (SSSR count). The molecule has 1 aliphatic heterocycles. The topological polar surface area (TPSA) is 32.3 Å². The molecule has 0 aliphatic carbocycles. The number of unbranched alkanes of at least 4 members (excludes halogenated alkanes) is 1. The molecule has 1 fully saturated rings. The van der Waals surface area contributed by atoms with Crippen molar-refractivity contribution >= 4 is 11.6 Å². The molecule has 0 atom stereocenters. The summed E-state index contributed by atoms with van der Waals surface area (Å²) in [5.74, 6) is 0.181. The lowest BCUT2D eigenvalue weighted by atomic mass is 10.1. The Labute approximate surface area is 122 Å². The summed E-state index contributed by atoms with van der Waals surface area (Å²) in [5.41, 5.74) is 2.63. The molecule has 0 spiro atoms. The van der Waals surface area contributed by atoms with Crippen LogP contribution in [0.25, 0.3) is 0 Å². The molecule has 0 bridgehead atoms. The first-order valence-electron chi connectivity index (χ1n) is 7.90. The molecule has 1 aromatic carbocycles. The summed E-state index contributed by atoms with van der Waals surface area (Å²) in [7, 11) is 0. The van der Waals surface area contributed by atoms with E-state index in [4.69, 9.17) is 0 Å². The molecule has 3 nitrogen and oxygen atoms in total. The Kier molecular flexibility index (Phi) is 5.90. The van der Waals surface area contributed by atoms with E-state index < -0.39 is 0 Å². The summed E-state index contributed by atoms with van der Waals surface area (Å²) in [5, 5.41) is 2.99. The molecular formula is C17H26N2O. The smallest absolute Gasteiger partial charge is 0.220 e. The number of carbonyl (C=O) groups is 1. The van der Waals surface area contributed by atoms with Crippen LogP contribution in [-0.2, 0) is 11.2 Å². The zero-order valence-corrected chi connectivity index (χ0v) is 12.5. The van der Waals surface area contributed by atoms with Gasteiger partial charge in [-0.1, -0.05) is 25.5 Å². The van der Waals surface area contributed by atoms with Gasteiger partial charge in [-0.2, -0.15) is 0 Å². The predicted molar refractivity (Wildman–Crippen MR) is 84.1 cm³/mol. The van der Waals surface area contributed by atoms with Gasteiger partial charge >= 0.3 is 0 Å². The van der Waals surface area contributed by atoms with Crippen molar-refractivity contribution < 1.29 is 4.79 Å². The molecule has 1 aliphatic rings. The van der Waals surface area contributed by atoms with Crippen LogP contribution >= 0.6 is 0 Å². The van der Waals surface area contributed by atoms with Crippen molar-refractivity contribution in [3.8, 4) is 0 Å². The van der Waals surface area contributed by atoms with Crippen molar-refractivity contribution in [2.45, 2.75) is 45.4 Å². The van der Waals surface area contributed by atoms with Gasteiger partial charge in [-0.15, -0.1) is 0 Å². The van der Waals surface area contributed by atoms with Crippen LogP contribution in [-0.4, -0.2) is 25.5 Å². The summed E-state index contributed by atoms with van der Waals surface area (Å²) < 4.78 is 0. The van der Waals surface area contributed by atoms with E-state index >= 15 is 0 Å². The van der Waals surface area contributed by atoms with Crippen molar-refractivity contribution in [2.75, 3.05) is 24.5 Å². The standard InChI is InChI=1S/C17H26N2O/c1-2-3-6-17(20)18-12-11-15-7-9-16(10-8-15)19-13-4-5-14-19/h7-10H,2-6,11-14H2,1H3,(H,18,20). The van der Waals surface area contributed by atoms with Gasteiger partial charge in [-0.25, -0.2) is 0 Å². The number of hydrogen-bond donors (Lipinski definition) is 1. The molecule has 0 radical (unpaired) electrons. The highest BCUT2D eigenvalue weighted by atomic mass is 16.1. The van der Waals surface area contributed by atoms with Gasteiger partial charge in [0.25, 0.3) is 0 Å². The van der Waals surface area contributed by atoms with Gasteiger partial charge in [0.05, 0.1) is 0 Å². The second-order valence-electron chi connectivity index (χ2n) is 5.56. The average molecular weight is 274 g/mol. The minimum absolute atomic E-state index is 0.181. The van der Waals surface area contributed by atoms with E-state index in [2.05, 4.69) is 41.4 Å². The van der Waals surface area contributed by atoms with E-state index in [0.717, 1.165) is 25.8 Å². The largest absolute Gasteiger partial charge is 0.372 e. The highest BCUT2D eigenvalue weighted by molar-refractivity contribution is 5.75. The number of carbonyl (C=O) groups excluding carboxylic acids is 1. The maximum Gasteiger partial charge on any atom is 0.220 e. The molecule has 0 unspecified atom stereocenters. The van der Waals surface area contributed by atoms with Crippen LogP contribution in [0.15, 0.2) is 24.3 Å². The van der Waals surface area contributed by atoms with E-state index in [9.17, 15) is 4.79 Å². The summed E-state index contributed by atoms with van der Waals surface area (Å²) in [6.45, 7) is 5.22. The molecule has 1 aromatic rings. The van der Waals surface area contributed by atoms with Crippen LogP contribution in [0, 0.1) is 0 Å². The lowest BCUT2D eigenvalue weighted by Gasteiger charge is -2.17. The van der Waals surface area contributed by atoms with E-state index in [1.807, 2.05) is 0 Å². The highest BCUT2D eigenvalue weighted by Gasteiger charge is 2.11.